The van der Waals surface area contributed by atoms with E-state index in [1.165, 1.54) is 218 Å². The second-order valence-electron chi connectivity index (χ2n) is 16.8. The van der Waals surface area contributed by atoms with Gasteiger partial charge >= 0.3 is 0 Å². The monoisotopic (exact) mass is 732 g/mol. The van der Waals surface area contributed by atoms with Crippen molar-refractivity contribution in [2.24, 2.45) is 0 Å². The summed E-state index contributed by atoms with van der Waals surface area (Å²) >= 11 is 0. The number of nitrogens with zero attached hydrogens (tertiary/aromatic N) is 1. The van der Waals surface area contributed by atoms with Crippen molar-refractivity contribution in [1.82, 2.24) is 15.5 Å². The van der Waals surface area contributed by atoms with Crippen LogP contribution in [0.2, 0.25) is 0 Å². The summed E-state index contributed by atoms with van der Waals surface area (Å²) in [5.74, 6) is 0.360. The Balaban J connectivity index is 2.00. The Bertz CT molecular complexity index is 753. The van der Waals surface area contributed by atoms with Crippen LogP contribution in [0.15, 0.2) is 0 Å². The molecule has 5 heteroatoms. The third kappa shape index (κ3) is 33.5. The number of hydrogen-bond acceptors (Lipinski definition) is 3. The molecule has 1 aliphatic carbocycles. The molecule has 0 saturated heterocycles. The molecule has 0 aromatic rings. The molecule has 5 nitrogen and oxygen atoms in total. The van der Waals surface area contributed by atoms with E-state index in [0.29, 0.717) is 18.9 Å². The van der Waals surface area contributed by atoms with Crippen LogP contribution >= 0.6 is 0 Å². The fourth-order valence-corrected chi connectivity index (χ4v) is 8.22. The molecule has 0 spiro atoms. The molecule has 0 aromatic heterocycles. The SMILES string of the molecule is CCCCCCCCCCCCCCCCCCNC(=O)CCN(CCC(=O)NCCCCCCCCCCCCCCCCC)C1CCCCC1. The van der Waals surface area contributed by atoms with Crippen molar-refractivity contribution in [3.8, 4) is 0 Å². The number of nitrogens with one attached hydrogen (secondary N) is 2. The lowest BCUT2D eigenvalue weighted by Crippen LogP contribution is -2.41. The summed E-state index contributed by atoms with van der Waals surface area (Å²) in [6.45, 7) is 7.76. The molecule has 0 bridgehead atoms. The van der Waals surface area contributed by atoms with E-state index in [9.17, 15) is 9.59 Å². The first-order chi connectivity index (χ1) is 25.7. The van der Waals surface area contributed by atoms with Crippen LogP contribution in [0.25, 0.3) is 0 Å². The minimum atomic E-state index is 0.180. The van der Waals surface area contributed by atoms with Gasteiger partial charge in [-0.2, -0.15) is 0 Å². The Morgan fingerprint density at radius 2 is 0.673 bits per heavy atom. The van der Waals surface area contributed by atoms with Crippen molar-refractivity contribution >= 4 is 11.8 Å². The van der Waals surface area contributed by atoms with Crippen LogP contribution in [0.3, 0.4) is 0 Å². The standard InChI is InChI=1S/C47H93N3O2/c1-3-5-7-9-11-13-15-17-19-21-23-25-27-29-31-36-42-49-47(52)40-44-50(45-37-33-32-34-38-45)43-39-46(51)48-41-35-30-28-26-24-22-20-18-16-14-12-10-8-6-4-2/h45H,3-44H2,1-2H3,(H,48,51)(H,49,52). The molecule has 0 atom stereocenters. The van der Waals surface area contributed by atoms with Gasteiger partial charge in [-0.25, -0.2) is 0 Å². The van der Waals surface area contributed by atoms with Crippen molar-refractivity contribution in [3.63, 3.8) is 0 Å². The average molecular weight is 732 g/mol. The van der Waals surface area contributed by atoms with Crippen molar-refractivity contribution < 1.29 is 9.59 Å². The van der Waals surface area contributed by atoms with Gasteiger partial charge in [0.25, 0.3) is 0 Å². The van der Waals surface area contributed by atoms with E-state index < -0.39 is 0 Å². The number of unbranched alkanes of at least 4 members (excludes halogenated alkanes) is 29. The number of amides is 2. The van der Waals surface area contributed by atoms with Gasteiger partial charge in [0, 0.05) is 45.1 Å². The molecule has 0 unspecified atom stereocenters. The molecule has 1 saturated carbocycles. The van der Waals surface area contributed by atoms with Crippen LogP contribution in [0.4, 0.5) is 0 Å². The van der Waals surface area contributed by atoms with Crippen LogP contribution in [0, 0.1) is 0 Å². The molecule has 0 aliphatic heterocycles. The quantitative estimate of drug-likeness (QED) is 0.0617. The average Bonchev–Trinajstić information content (AvgIpc) is 3.16. The Kier molecular flexibility index (Phi) is 37.2. The Morgan fingerprint density at radius 3 is 0.962 bits per heavy atom. The Morgan fingerprint density at radius 1 is 0.404 bits per heavy atom. The summed E-state index contributed by atoms with van der Waals surface area (Å²) in [7, 11) is 0. The predicted octanol–water partition coefficient (Wildman–Crippen LogP) is 13.8. The summed E-state index contributed by atoms with van der Waals surface area (Å²) in [5.41, 5.74) is 0. The Hall–Kier alpha value is -1.10. The zero-order valence-electron chi connectivity index (χ0n) is 35.5. The molecule has 0 radical (unpaired) electrons. The lowest BCUT2D eigenvalue weighted by atomic mass is 9.94. The topological polar surface area (TPSA) is 61.4 Å². The lowest BCUT2D eigenvalue weighted by Gasteiger charge is -2.34. The third-order valence-electron chi connectivity index (χ3n) is 11.8. The van der Waals surface area contributed by atoms with Crippen molar-refractivity contribution in [1.29, 1.82) is 0 Å². The lowest BCUT2D eigenvalue weighted by molar-refractivity contribution is -0.121. The molecular weight excluding hydrogens is 639 g/mol. The smallest absolute Gasteiger partial charge is 0.221 e. The van der Waals surface area contributed by atoms with Crippen LogP contribution in [0.1, 0.15) is 258 Å². The van der Waals surface area contributed by atoms with Crippen molar-refractivity contribution in [2.45, 2.75) is 264 Å². The minimum Gasteiger partial charge on any atom is -0.356 e. The first-order valence-electron chi connectivity index (χ1n) is 23.9. The van der Waals surface area contributed by atoms with Gasteiger partial charge in [-0.3, -0.25) is 14.5 Å². The summed E-state index contributed by atoms with van der Waals surface area (Å²) in [5, 5.41) is 6.37. The first kappa shape index (κ1) is 48.9. The van der Waals surface area contributed by atoms with E-state index in [1.807, 2.05) is 0 Å². The van der Waals surface area contributed by atoms with E-state index in [-0.39, 0.29) is 11.8 Å². The van der Waals surface area contributed by atoms with E-state index in [2.05, 4.69) is 29.4 Å². The van der Waals surface area contributed by atoms with E-state index in [1.54, 1.807) is 0 Å². The number of rotatable bonds is 40. The molecule has 2 amide bonds. The molecule has 2 N–H and O–H groups in total. The molecule has 52 heavy (non-hydrogen) atoms. The normalized spacial score (nSPS) is 13.6. The van der Waals surface area contributed by atoms with Gasteiger partial charge < -0.3 is 10.6 Å². The molecule has 308 valence electrons. The van der Waals surface area contributed by atoms with Crippen LogP contribution < -0.4 is 10.6 Å². The highest BCUT2D eigenvalue weighted by Gasteiger charge is 2.22. The second kappa shape index (κ2) is 39.6. The van der Waals surface area contributed by atoms with Crippen molar-refractivity contribution in [3.05, 3.63) is 0 Å². The van der Waals surface area contributed by atoms with Gasteiger partial charge in [0.2, 0.25) is 11.8 Å². The highest BCUT2D eigenvalue weighted by molar-refractivity contribution is 5.76. The van der Waals surface area contributed by atoms with Gasteiger partial charge in [-0.1, -0.05) is 219 Å². The fraction of sp³-hybridized carbons (Fsp3) is 0.957. The summed E-state index contributed by atoms with van der Waals surface area (Å²) in [4.78, 5) is 27.8. The molecule has 0 heterocycles. The van der Waals surface area contributed by atoms with Crippen LogP contribution in [-0.2, 0) is 9.59 Å². The van der Waals surface area contributed by atoms with Crippen LogP contribution in [0.5, 0.6) is 0 Å². The number of carbonyl (C=O) groups is 2. The molecule has 0 aromatic carbocycles. The predicted molar refractivity (Wildman–Crippen MR) is 228 cm³/mol. The molecule has 1 fully saturated rings. The van der Waals surface area contributed by atoms with Gasteiger partial charge in [0.1, 0.15) is 0 Å². The fourth-order valence-electron chi connectivity index (χ4n) is 8.22. The summed E-state index contributed by atoms with van der Waals surface area (Å²) in [6.07, 6.45) is 49.8. The van der Waals surface area contributed by atoms with Gasteiger partial charge in [0.05, 0.1) is 0 Å². The van der Waals surface area contributed by atoms with Gasteiger partial charge in [-0.15, -0.1) is 0 Å². The third-order valence-corrected chi connectivity index (χ3v) is 11.8. The highest BCUT2D eigenvalue weighted by atomic mass is 16.2. The molecule has 1 aliphatic rings. The summed E-state index contributed by atoms with van der Waals surface area (Å²) in [6, 6.07) is 0.533. The minimum absolute atomic E-state index is 0.180. The van der Waals surface area contributed by atoms with Gasteiger partial charge in [-0.05, 0) is 25.7 Å². The largest absolute Gasteiger partial charge is 0.356 e. The van der Waals surface area contributed by atoms with E-state index in [0.717, 1.165) is 39.0 Å². The summed E-state index contributed by atoms with van der Waals surface area (Å²) < 4.78 is 0. The van der Waals surface area contributed by atoms with E-state index in [4.69, 9.17) is 0 Å². The van der Waals surface area contributed by atoms with Crippen molar-refractivity contribution in [2.75, 3.05) is 26.2 Å². The zero-order valence-corrected chi connectivity index (χ0v) is 35.5. The maximum atomic E-state index is 12.7. The molecule has 1 rings (SSSR count). The second-order valence-corrected chi connectivity index (χ2v) is 16.8. The van der Waals surface area contributed by atoms with Gasteiger partial charge in [0.15, 0.2) is 0 Å². The van der Waals surface area contributed by atoms with Crippen LogP contribution in [-0.4, -0.2) is 48.9 Å². The van der Waals surface area contributed by atoms with E-state index >= 15 is 0 Å². The highest BCUT2D eigenvalue weighted by Crippen LogP contribution is 2.23. The maximum absolute atomic E-state index is 12.7. The Labute approximate surface area is 326 Å². The number of carbonyl (C=O) groups excluding carboxylic acids is 2. The number of hydrogen-bond donors (Lipinski definition) is 2. The molecular formula is C47H93N3O2. The first-order valence-corrected chi connectivity index (χ1v) is 23.9. The maximum Gasteiger partial charge on any atom is 0.221 e. The zero-order chi connectivity index (χ0) is 37.4.